The van der Waals surface area contributed by atoms with Crippen molar-refractivity contribution in [1.82, 2.24) is 0 Å². The van der Waals surface area contributed by atoms with Crippen LogP contribution in [-0.2, 0) is 14.8 Å². The molecule has 2 N–H and O–H groups in total. The Morgan fingerprint density at radius 2 is 1.53 bits per heavy atom. The van der Waals surface area contributed by atoms with Gasteiger partial charge in [0.2, 0.25) is 0 Å². The number of carbonyl (C=O) groups excluding carboxylic acids is 2. The molecule has 0 fully saturated rings. The second-order valence-electron chi connectivity index (χ2n) is 7.32. The van der Waals surface area contributed by atoms with Gasteiger partial charge in [0.05, 0.1) is 28.9 Å². The van der Waals surface area contributed by atoms with Crippen LogP contribution in [0.3, 0.4) is 0 Å². The molecule has 0 heterocycles. The molecular formula is C24H24N2O5S. The molecule has 0 aliphatic heterocycles. The zero-order valence-electron chi connectivity index (χ0n) is 18.2. The van der Waals surface area contributed by atoms with Gasteiger partial charge in [0.15, 0.2) is 0 Å². The third-order valence-electron chi connectivity index (χ3n) is 5.17. The van der Waals surface area contributed by atoms with Crippen molar-refractivity contribution in [2.75, 3.05) is 17.1 Å². The molecule has 0 aliphatic carbocycles. The number of carbonyl (C=O) groups is 2. The summed E-state index contributed by atoms with van der Waals surface area (Å²) in [5, 5.41) is 2.65. The van der Waals surface area contributed by atoms with Gasteiger partial charge >= 0.3 is 5.97 Å². The molecule has 166 valence electrons. The Balaban J connectivity index is 1.93. The van der Waals surface area contributed by atoms with Crippen molar-refractivity contribution in [2.24, 2.45) is 0 Å². The Kier molecular flexibility index (Phi) is 6.64. The van der Waals surface area contributed by atoms with Gasteiger partial charge < -0.3 is 10.1 Å². The number of methoxy groups -OCH3 is 1. The molecule has 0 atom stereocenters. The topological polar surface area (TPSA) is 102 Å². The van der Waals surface area contributed by atoms with E-state index in [0.717, 1.165) is 11.1 Å². The van der Waals surface area contributed by atoms with E-state index in [1.54, 1.807) is 43.3 Å². The molecule has 0 bridgehead atoms. The van der Waals surface area contributed by atoms with Crippen molar-refractivity contribution in [2.45, 2.75) is 25.7 Å². The lowest BCUT2D eigenvalue weighted by Gasteiger charge is -2.15. The molecule has 0 aliphatic rings. The van der Waals surface area contributed by atoms with Crippen LogP contribution in [0.25, 0.3) is 0 Å². The van der Waals surface area contributed by atoms with E-state index in [0.29, 0.717) is 11.3 Å². The predicted octanol–water partition coefficient (Wildman–Crippen LogP) is 4.45. The minimum absolute atomic E-state index is 0.00712. The van der Waals surface area contributed by atoms with Crippen molar-refractivity contribution in [1.29, 1.82) is 0 Å². The van der Waals surface area contributed by atoms with Gasteiger partial charge in [-0.05, 0) is 67.8 Å². The average Bonchev–Trinajstić information content (AvgIpc) is 2.76. The number of anilines is 2. The summed E-state index contributed by atoms with van der Waals surface area (Å²) < 4.78 is 33.5. The summed E-state index contributed by atoms with van der Waals surface area (Å²) in [5.74, 6) is -1.14. The SMILES string of the molecule is COC(=O)c1ccccc1NC(=O)c1ccc(C)c(S(=O)(=O)Nc2cccc(C)c2C)c1. The quantitative estimate of drug-likeness (QED) is 0.538. The van der Waals surface area contributed by atoms with Gasteiger partial charge in [-0.2, -0.15) is 0 Å². The number of nitrogens with one attached hydrogen (secondary N) is 2. The van der Waals surface area contributed by atoms with Crippen molar-refractivity contribution >= 4 is 33.3 Å². The van der Waals surface area contributed by atoms with Crippen LogP contribution in [0.1, 0.15) is 37.4 Å². The van der Waals surface area contributed by atoms with E-state index in [9.17, 15) is 18.0 Å². The number of ether oxygens (including phenoxy) is 1. The number of amides is 1. The normalized spacial score (nSPS) is 11.0. The van der Waals surface area contributed by atoms with E-state index in [1.807, 2.05) is 19.9 Å². The first-order valence-electron chi connectivity index (χ1n) is 9.82. The Morgan fingerprint density at radius 3 is 2.25 bits per heavy atom. The molecule has 3 aromatic rings. The van der Waals surface area contributed by atoms with Crippen LogP contribution in [0.4, 0.5) is 11.4 Å². The minimum atomic E-state index is -3.94. The first-order chi connectivity index (χ1) is 15.1. The summed E-state index contributed by atoms with van der Waals surface area (Å²) >= 11 is 0. The highest BCUT2D eigenvalue weighted by molar-refractivity contribution is 7.92. The summed E-state index contributed by atoms with van der Waals surface area (Å²) in [6.45, 7) is 5.39. The predicted molar refractivity (Wildman–Crippen MR) is 124 cm³/mol. The first kappa shape index (κ1) is 23.0. The molecular weight excluding hydrogens is 428 g/mol. The van der Waals surface area contributed by atoms with E-state index in [-0.39, 0.29) is 21.7 Å². The number of aryl methyl sites for hydroxylation is 2. The van der Waals surface area contributed by atoms with E-state index in [2.05, 4.69) is 10.0 Å². The van der Waals surface area contributed by atoms with Gasteiger partial charge in [0.1, 0.15) is 0 Å². The number of esters is 1. The van der Waals surface area contributed by atoms with E-state index in [4.69, 9.17) is 4.74 Å². The molecule has 8 heteroatoms. The zero-order valence-corrected chi connectivity index (χ0v) is 19.0. The largest absolute Gasteiger partial charge is 0.465 e. The molecule has 0 saturated heterocycles. The lowest BCUT2D eigenvalue weighted by Crippen LogP contribution is -2.18. The number of sulfonamides is 1. The summed E-state index contributed by atoms with van der Waals surface area (Å²) in [4.78, 5) is 24.8. The highest BCUT2D eigenvalue weighted by atomic mass is 32.2. The maximum Gasteiger partial charge on any atom is 0.339 e. The number of rotatable bonds is 6. The van der Waals surface area contributed by atoms with Gasteiger partial charge in [0.25, 0.3) is 15.9 Å². The van der Waals surface area contributed by atoms with Gasteiger partial charge in [-0.25, -0.2) is 13.2 Å². The molecule has 0 radical (unpaired) electrons. The molecule has 0 saturated carbocycles. The van der Waals surface area contributed by atoms with Crippen LogP contribution in [0.2, 0.25) is 0 Å². The maximum atomic E-state index is 13.1. The van der Waals surface area contributed by atoms with E-state index >= 15 is 0 Å². The van der Waals surface area contributed by atoms with Gasteiger partial charge in [-0.15, -0.1) is 0 Å². The maximum absolute atomic E-state index is 13.1. The summed E-state index contributed by atoms with van der Waals surface area (Å²) in [7, 11) is -2.69. The standard InChI is InChI=1S/C24H24N2O5S/c1-15-8-7-11-20(17(15)3)26-32(29,30)22-14-18(13-12-16(22)2)23(27)25-21-10-6-5-9-19(21)24(28)31-4/h5-14,26H,1-4H3,(H,25,27). The Bertz CT molecular complexity index is 1300. The van der Waals surface area contributed by atoms with Crippen molar-refractivity contribution in [3.8, 4) is 0 Å². The lowest BCUT2D eigenvalue weighted by atomic mass is 10.1. The van der Waals surface area contributed by atoms with E-state index in [1.165, 1.54) is 25.3 Å². The number of hydrogen-bond donors (Lipinski definition) is 2. The highest BCUT2D eigenvalue weighted by Crippen LogP contribution is 2.25. The van der Waals surface area contributed by atoms with Crippen LogP contribution in [0.15, 0.2) is 65.6 Å². The fourth-order valence-electron chi connectivity index (χ4n) is 3.17. The Morgan fingerprint density at radius 1 is 0.844 bits per heavy atom. The summed E-state index contributed by atoms with van der Waals surface area (Å²) in [6.07, 6.45) is 0. The average molecular weight is 453 g/mol. The molecule has 3 rings (SSSR count). The molecule has 0 spiro atoms. The van der Waals surface area contributed by atoms with Gasteiger partial charge in [0, 0.05) is 5.56 Å². The van der Waals surface area contributed by atoms with E-state index < -0.39 is 21.9 Å². The molecule has 7 nitrogen and oxygen atoms in total. The molecule has 1 amide bonds. The van der Waals surface area contributed by atoms with Crippen LogP contribution in [0.5, 0.6) is 0 Å². The first-order valence-corrected chi connectivity index (χ1v) is 11.3. The van der Waals surface area contributed by atoms with Crippen LogP contribution >= 0.6 is 0 Å². The van der Waals surface area contributed by atoms with Crippen LogP contribution in [0, 0.1) is 20.8 Å². The monoisotopic (exact) mass is 452 g/mol. The minimum Gasteiger partial charge on any atom is -0.465 e. The Labute approximate surface area is 187 Å². The van der Waals surface area contributed by atoms with Crippen LogP contribution < -0.4 is 10.0 Å². The number of para-hydroxylation sites is 1. The lowest BCUT2D eigenvalue weighted by molar-refractivity contribution is 0.0602. The molecule has 0 aromatic heterocycles. The fourth-order valence-corrected chi connectivity index (χ4v) is 4.56. The van der Waals surface area contributed by atoms with Gasteiger partial charge in [-0.1, -0.05) is 30.3 Å². The Hall–Kier alpha value is -3.65. The summed E-state index contributed by atoms with van der Waals surface area (Å²) in [5.41, 5.74) is 3.35. The second-order valence-corrected chi connectivity index (χ2v) is 8.98. The fraction of sp³-hybridized carbons (Fsp3) is 0.167. The third kappa shape index (κ3) is 4.81. The third-order valence-corrected chi connectivity index (χ3v) is 6.68. The summed E-state index contributed by atoms with van der Waals surface area (Å²) in [6, 6.07) is 16.2. The van der Waals surface area contributed by atoms with Crippen molar-refractivity contribution < 1.29 is 22.7 Å². The zero-order chi connectivity index (χ0) is 23.5. The molecule has 3 aromatic carbocycles. The number of benzene rings is 3. The van der Waals surface area contributed by atoms with Crippen molar-refractivity contribution in [3.05, 3.63) is 88.5 Å². The van der Waals surface area contributed by atoms with Crippen LogP contribution in [-0.4, -0.2) is 27.4 Å². The highest BCUT2D eigenvalue weighted by Gasteiger charge is 2.21. The van der Waals surface area contributed by atoms with Gasteiger partial charge in [-0.3, -0.25) is 9.52 Å². The molecule has 0 unspecified atom stereocenters. The molecule has 32 heavy (non-hydrogen) atoms. The van der Waals surface area contributed by atoms with Crippen molar-refractivity contribution in [3.63, 3.8) is 0 Å². The second kappa shape index (κ2) is 9.23. The number of hydrogen-bond acceptors (Lipinski definition) is 5. The smallest absolute Gasteiger partial charge is 0.339 e.